The first kappa shape index (κ1) is 23.2. The second-order valence-electron chi connectivity index (χ2n) is 9.67. The van der Waals surface area contributed by atoms with Crippen molar-refractivity contribution in [3.05, 3.63) is 75.5 Å². The molecule has 1 unspecified atom stereocenters. The molecule has 10 heteroatoms. The van der Waals surface area contributed by atoms with E-state index in [4.69, 9.17) is 9.57 Å². The van der Waals surface area contributed by atoms with Crippen molar-refractivity contribution in [3.8, 4) is 11.4 Å². The first-order chi connectivity index (χ1) is 17.4. The Morgan fingerprint density at radius 2 is 2.08 bits per heavy atom. The summed E-state index contributed by atoms with van der Waals surface area (Å²) in [5.74, 6) is 1.68. The Bertz CT molecular complexity index is 1420. The topological polar surface area (TPSA) is 85.0 Å². The van der Waals surface area contributed by atoms with Crippen LogP contribution >= 0.6 is 15.9 Å². The summed E-state index contributed by atoms with van der Waals surface area (Å²) in [5.41, 5.74) is 2.30. The van der Waals surface area contributed by atoms with Gasteiger partial charge >= 0.3 is 0 Å². The third kappa shape index (κ3) is 3.70. The molecule has 1 N–H and O–H groups in total. The molecule has 1 saturated carbocycles. The Labute approximate surface area is 216 Å². The van der Waals surface area contributed by atoms with Crippen LogP contribution in [0.5, 0.6) is 5.75 Å². The summed E-state index contributed by atoms with van der Waals surface area (Å²) >= 11 is 3.46. The number of hydrogen-bond acceptors (Lipinski definition) is 7. The molecule has 186 valence electrons. The van der Waals surface area contributed by atoms with Crippen molar-refractivity contribution < 1.29 is 19.1 Å². The number of halogens is 2. The number of nitrogens with zero attached hydrogens (tertiary/aromatic N) is 5. The molecule has 0 radical (unpaired) electrons. The average molecular weight is 554 g/mol. The molecular weight excluding hydrogens is 529 g/mol. The fourth-order valence-corrected chi connectivity index (χ4v) is 5.82. The van der Waals surface area contributed by atoms with E-state index in [1.165, 1.54) is 12.1 Å². The number of benzene rings is 2. The number of hydrogen-bond donors (Lipinski definition) is 1. The SMILES string of the molecule is COc1cc(C=C2CC3(CC3)CN3C2=NOC3(CO)c2ccc(F)cc2Br)ccc1-n1cnc(C)n1. The van der Waals surface area contributed by atoms with Crippen molar-refractivity contribution in [2.75, 3.05) is 20.3 Å². The van der Waals surface area contributed by atoms with E-state index in [0.29, 0.717) is 34.0 Å². The first-order valence-electron chi connectivity index (χ1n) is 11.7. The van der Waals surface area contributed by atoms with Crippen molar-refractivity contribution in [2.45, 2.75) is 31.9 Å². The first-order valence-corrected chi connectivity index (χ1v) is 12.5. The van der Waals surface area contributed by atoms with Crippen LogP contribution in [0.4, 0.5) is 4.39 Å². The number of ether oxygens (including phenoxy) is 1. The number of aliphatic hydroxyl groups is 1. The monoisotopic (exact) mass is 553 g/mol. The number of piperidine rings is 1. The Morgan fingerprint density at radius 3 is 2.75 bits per heavy atom. The lowest BCUT2D eigenvalue weighted by molar-refractivity contribution is -0.142. The lowest BCUT2D eigenvalue weighted by Gasteiger charge is -2.42. The number of oxime groups is 1. The van der Waals surface area contributed by atoms with Crippen LogP contribution in [-0.4, -0.2) is 50.9 Å². The predicted octanol–water partition coefficient (Wildman–Crippen LogP) is 4.54. The highest BCUT2D eigenvalue weighted by Crippen LogP contribution is 2.57. The van der Waals surface area contributed by atoms with E-state index >= 15 is 0 Å². The van der Waals surface area contributed by atoms with Crippen molar-refractivity contribution in [1.82, 2.24) is 19.7 Å². The summed E-state index contributed by atoms with van der Waals surface area (Å²) in [6.07, 6.45) is 6.81. The molecular formula is C26H25BrFN5O3. The standard InChI is InChI=1S/C26H25BrFN5O3/c1-16-29-15-33(30-16)22-6-3-17(10-23(22)35-2)9-18-12-25(7-8-25)13-32-24(18)31-36-26(32,14-34)20-5-4-19(28)11-21(20)27/h3-6,9-11,15,34H,7-8,12-14H2,1-2H3. The Balaban J connectivity index is 1.39. The largest absolute Gasteiger partial charge is 0.494 e. The Morgan fingerprint density at radius 1 is 1.25 bits per heavy atom. The molecule has 2 fully saturated rings. The van der Waals surface area contributed by atoms with Gasteiger partial charge in [0.25, 0.3) is 5.72 Å². The molecule has 2 aliphatic heterocycles. The third-order valence-corrected chi connectivity index (χ3v) is 7.90. The van der Waals surface area contributed by atoms with Gasteiger partial charge in [-0.3, -0.25) is 0 Å². The minimum atomic E-state index is -1.22. The van der Waals surface area contributed by atoms with E-state index in [9.17, 15) is 9.50 Å². The molecule has 3 heterocycles. The highest BCUT2D eigenvalue weighted by Gasteiger charge is 2.58. The van der Waals surface area contributed by atoms with Gasteiger partial charge in [-0.25, -0.2) is 14.1 Å². The van der Waals surface area contributed by atoms with Gasteiger partial charge in [0.1, 0.15) is 36.0 Å². The molecule has 1 spiro atoms. The number of rotatable bonds is 5. The van der Waals surface area contributed by atoms with Crippen molar-refractivity contribution in [3.63, 3.8) is 0 Å². The van der Waals surface area contributed by atoms with Crippen LogP contribution in [0.25, 0.3) is 11.8 Å². The molecule has 3 aromatic rings. The van der Waals surface area contributed by atoms with Crippen LogP contribution in [0, 0.1) is 18.2 Å². The van der Waals surface area contributed by atoms with Gasteiger partial charge < -0.3 is 19.6 Å². The lowest BCUT2D eigenvalue weighted by Crippen LogP contribution is -2.54. The molecule has 0 amide bonds. The maximum atomic E-state index is 13.8. The van der Waals surface area contributed by atoms with Gasteiger partial charge in [-0.05, 0) is 79.1 Å². The number of aromatic nitrogens is 3. The second kappa shape index (κ2) is 8.41. The normalized spacial score (nSPS) is 23.0. The van der Waals surface area contributed by atoms with Gasteiger partial charge in [-0.15, -0.1) is 0 Å². The average Bonchev–Trinajstić information content (AvgIpc) is 3.28. The van der Waals surface area contributed by atoms with E-state index in [2.05, 4.69) is 37.2 Å². The van der Waals surface area contributed by atoms with Gasteiger partial charge in [0.2, 0.25) is 0 Å². The summed E-state index contributed by atoms with van der Waals surface area (Å²) in [7, 11) is 1.63. The highest BCUT2D eigenvalue weighted by molar-refractivity contribution is 9.10. The van der Waals surface area contributed by atoms with Gasteiger partial charge in [0.15, 0.2) is 5.84 Å². The van der Waals surface area contributed by atoms with Gasteiger partial charge in [0, 0.05) is 16.6 Å². The zero-order chi connectivity index (χ0) is 25.1. The van der Waals surface area contributed by atoms with Gasteiger partial charge in [-0.1, -0.05) is 27.2 Å². The van der Waals surface area contributed by atoms with Crippen molar-refractivity contribution in [1.29, 1.82) is 0 Å². The molecule has 8 nitrogen and oxygen atoms in total. The summed E-state index contributed by atoms with van der Waals surface area (Å²) in [6, 6.07) is 10.3. The fraction of sp³-hybridized carbons (Fsp3) is 0.346. The van der Waals surface area contributed by atoms with Crippen LogP contribution in [0.3, 0.4) is 0 Å². The van der Waals surface area contributed by atoms with Crippen LogP contribution < -0.4 is 4.74 Å². The van der Waals surface area contributed by atoms with E-state index in [1.54, 1.807) is 24.2 Å². The van der Waals surface area contributed by atoms with Gasteiger partial charge in [0.05, 0.1) is 7.11 Å². The lowest BCUT2D eigenvalue weighted by atomic mass is 9.86. The number of aliphatic hydroxyl groups excluding tert-OH is 1. The zero-order valence-corrected chi connectivity index (χ0v) is 21.5. The second-order valence-corrected chi connectivity index (χ2v) is 10.5. The summed E-state index contributed by atoms with van der Waals surface area (Å²) in [6.45, 7) is 2.22. The zero-order valence-electron chi connectivity index (χ0n) is 19.9. The van der Waals surface area contributed by atoms with E-state index in [0.717, 1.165) is 36.1 Å². The maximum absolute atomic E-state index is 13.8. The van der Waals surface area contributed by atoms with E-state index in [-0.39, 0.29) is 17.8 Å². The van der Waals surface area contributed by atoms with Crippen LogP contribution in [0.2, 0.25) is 0 Å². The van der Waals surface area contributed by atoms with E-state index < -0.39 is 5.72 Å². The summed E-state index contributed by atoms with van der Waals surface area (Å²) < 4.78 is 21.7. The maximum Gasteiger partial charge on any atom is 0.261 e. The van der Waals surface area contributed by atoms with Crippen LogP contribution in [0.15, 0.2) is 57.9 Å². The predicted molar refractivity (Wildman–Crippen MR) is 135 cm³/mol. The van der Waals surface area contributed by atoms with Crippen LogP contribution in [0.1, 0.15) is 36.2 Å². The molecule has 1 aliphatic carbocycles. The fourth-order valence-electron chi connectivity index (χ4n) is 5.16. The Hall–Kier alpha value is -3.24. The molecule has 1 aromatic heterocycles. The molecule has 1 atom stereocenters. The third-order valence-electron chi connectivity index (χ3n) is 7.24. The molecule has 1 saturated heterocycles. The highest BCUT2D eigenvalue weighted by atomic mass is 79.9. The quantitative estimate of drug-likeness (QED) is 0.499. The summed E-state index contributed by atoms with van der Waals surface area (Å²) in [5, 5.41) is 19.4. The molecule has 36 heavy (non-hydrogen) atoms. The van der Waals surface area contributed by atoms with Gasteiger partial charge in [-0.2, -0.15) is 5.10 Å². The minimum absolute atomic E-state index is 0.105. The Kier molecular flexibility index (Phi) is 5.42. The molecule has 0 bridgehead atoms. The van der Waals surface area contributed by atoms with Crippen molar-refractivity contribution >= 4 is 27.8 Å². The minimum Gasteiger partial charge on any atom is -0.494 e. The number of methoxy groups -OCH3 is 1. The number of amidine groups is 1. The molecule has 2 aromatic carbocycles. The smallest absolute Gasteiger partial charge is 0.261 e. The van der Waals surface area contributed by atoms with E-state index in [1.807, 2.05) is 30.0 Å². The van der Waals surface area contributed by atoms with Crippen molar-refractivity contribution in [2.24, 2.45) is 10.6 Å². The molecule has 6 rings (SSSR count). The molecule has 3 aliphatic rings. The number of aryl methyl sites for hydroxylation is 1. The summed E-state index contributed by atoms with van der Waals surface area (Å²) in [4.78, 5) is 12.2. The van der Waals surface area contributed by atoms with Crippen LogP contribution in [-0.2, 0) is 10.6 Å². The number of fused-ring (bicyclic) bond motifs is 1.